The van der Waals surface area contributed by atoms with Crippen molar-refractivity contribution in [3.05, 3.63) is 79.0 Å². The van der Waals surface area contributed by atoms with Crippen LogP contribution in [0.2, 0.25) is 0 Å². The van der Waals surface area contributed by atoms with Gasteiger partial charge in [0.15, 0.2) is 0 Å². The summed E-state index contributed by atoms with van der Waals surface area (Å²) in [6, 6.07) is 26.4. The lowest BCUT2D eigenvalue weighted by molar-refractivity contribution is 1.31. The van der Waals surface area contributed by atoms with Gasteiger partial charge >= 0.3 is 0 Å². The van der Waals surface area contributed by atoms with Gasteiger partial charge in [0.25, 0.3) is 0 Å². The Bertz CT molecular complexity index is 1350. The lowest BCUT2D eigenvalue weighted by Gasteiger charge is -2.02. The van der Waals surface area contributed by atoms with Crippen LogP contribution in [0.3, 0.4) is 0 Å². The highest BCUT2D eigenvalue weighted by Gasteiger charge is 2.16. The molecule has 0 aliphatic carbocycles. The Labute approximate surface area is 132 Å². The first-order valence-corrected chi connectivity index (χ1v) is 7.97. The minimum Gasteiger partial charge on any atom is -0.315 e. The van der Waals surface area contributed by atoms with Crippen LogP contribution in [-0.4, -0.2) is 4.40 Å². The summed E-state index contributed by atoms with van der Waals surface area (Å²) in [7, 11) is 0. The molecule has 6 aromatic rings. The maximum absolute atomic E-state index is 2.37. The smallest absolute Gasteiger partial charge is 0.0614 e. The molecule has 0 N–H and O–H groups in total. The molecule has 1 nitrogen and oxygen atoms in total. The average Bonchev–Trinajstić information content (AvgIpc) is 3.17. The Morgan fingerprint density at radius 3 is 2.22 bits per heavy atom. The number of fused-ring (bicyclic) bond motifs is 7. The SMILES string of the molecule is c1ccc2c(c1)cc1ccn3c4c5ccccc5ccc4c2c13. The maximum atomic E-state index is 2.37. The van der Waals surface area contributed by atoms with Gasteiger partial charge in [-0.05, 0) is 28.3 Å². The molecule has 4 aromatic carbocycles. The lowest BCUT2D eigenvalue weighted by Crippen LogP contribution is -1.79. The summed E-state index contributed by atoms with van der Waals surface area (Å²) in [5, 5.41) is 9.32. The predicted octanol–water partition coefficient (Wildman–Crippen LogP) is 5.99. The largest absolute Gasteiger partial charge is 0.315 e. The van der Waals surface area contributed by atoms with Crippen molar-refractivity contribution in [3.63, 3.8) is 0 Å². The van der Waals surface area contributed by atoms with Crippen LogP contribution in [0.25, 0.3) is 48.7 Å². The molecule has 0 unspecified atom stereocenters. The summed E-state index contributed by atoms with van der Waals surface area (Å²) in [4.78, 5) is 0. The van der Waals surface area contributed by atoms with Crippen molar-refractivity contribution in [3.8, 4) is 0 Å². The zero-order valence-corrected chi connectivity index (χ0v) is 12.5. The molecule has 0 atom stereocenters. The van der Waals surface area contributed by atoms with Gasteiger partial charge in [-0.25, -0.2) is 0 Å². The highest BCUT2D eigenvalue weighted by molar-refractivity contribution is 6.29. The van der Waals surface area contributed by atoms with E-state index in [1.807, 2.05) is 0 Å². The molecule has 0 amide bonds. The molecule has 0 spiro atoms. The van der Waals surface area contributed by atoms with Gasteiger partial charge in [-0.1, -0.05) is 60.7 Å². The fraction of sp³-hybridized carbons (Fsp3) is 0. The van der Waals surface area contributed by atoms with Crippen LogP contribution in [0.5, 0.6) is 0 Å². The number of nitrogens with zero attached hydrogens (tertiary/aromatic N) is 1. The molecule has 2 aromatic heterocycles. The third-order valence-electron chi connectivity index (χ3n) is 5.11. The summed E-state index contributed by atoms with van der Waals surface area (Å²) in [5.74, 6) is 0. The highest BCUT2D eigenvalue weighted by Crippen LogP contribution is 2.40. The summed E-state index contributed by atoms with van der Waals surface area (Å²) in [5.41, 5.74) is 2.67. The third-order valence-corrected chi connectivity index (χ3v) is 5.11. The lowest BCUT2D eigenvalue weighted by atomic mass is 10.0. The van der Waals surface area contributed by atoms with Crippen molar-refractivity contribution in [1.82, 2.24) is 4.40 Å². The molecule has 1 heteroatoms. The molecule has 2 heterocycles. The van der Waals surface area contributed by atoms with Crippen molar-refractivity contribution >= 4 is 48.7 Å². The topological polar surface area (TPSA) is 4.41 Å². The molecule has 6 rings (SSSR count). The van der Waals surface area contributed by atoms with Crippen molar-refractivity contribution in [2.45, 2.75) is 0 Å². The van der Waals surface area contributed by atoms with Crippen molar-refractivity contribution in [2.24, 2.45) is 0 Å². The second-order valence-corrected chi connectivity index (χ2v) is 6.28. The van der Waals surface area contributed by atoms with Gasteiger partial charge in [0.05, 0.1) is 11.0 Å². The van der Waals surface area contributed by atoms with E-state index >= 15 is 0 Å². The fourth-order valence-electron chi connectivity index (χ4n) is 4.15. The van der Waals surface area contributed by atoms with Crippen LogP contribution >= 0.6 is 0 Å². The van der Waals surface area contributed by atoms with Crippen LogP contribution in [0.1, 0.15) is 0 Å². The maximum Gasteiger partial charge on any atom is 0.0614 e. The van der Waals surface area contributed by atoms with Crippen LogP contribution in [0, 0.1) is 0 Å². The highest BCUT2D eigenvalue weighted by atomic mass is 14.9. The van der Waals surface area contributed by atoms with Gasteiger partial charge < -0.3 is 4.40 Å². The number of aromatic nitrogens is 1. The Morgan fingerprint density at radius 1 is 0.522 bits per heavy atom. The molecule has 0 fully saturated rings. The minimum atomic E-state index is 1.30. The van der Waals surface area contributed by atoms with E-state index in [4.69, 9.17) is 0 Å². The second kappa shape index (κ2) is 3.82. The molecular formula is C22H13N. The second-order valence-electron chi connectivity index (χ2n) is 6.28. The van der Waals surface area contributed by atoms with E-state index < -0.39 is 0 Å². The van der Waals surface area contributed by atoms with Gasteiger partial charge in [-0.2, -0.15) is 0 Å². The van der Waals surface area contributed by atoms with E-state index in [1.54, 1.807) is 0 Å². The van der Waals surface area contributed by atoms with E-state index in [1.165, 1.54) is 48.7 Å². The Morgan fingerprint density at radius 2 is 1.30 bits per heavy atom. The quantitative estimate of drug-likeness (QED) is 0.324. The zero-order chi connectivity index (χ0) is 15.0. The monoisotopic (exact) mass is 291 g/mol. The first-order chi connectivity index (χ1) is 11.4. The van der Waals surface area contributed by atoms with Crippen LogP contribution < -0.4 is 0 Å². The molecule has 0 bridgehead atoms. The summed E-state index contributed by atoms with van der Waals surface area (Å²) >= 11 is 0. The van der Waals surface area contributed by atoms with Gasteiger partial charge in [0.1, 0.15) is 0 Å². The minimum absolute atomic E-state index is 1.30. The number of hydrogen-bond donors (Lipinski definition) is 0. The molecule has 0 saturated carbocycles. The van der Waals surface area contributed by atoms with Crippen LogP contribution in [0.15, 0.2) is 79.0 Å². The summed E-state index contributed by atoms with van der Waals surface area (Å²) < 4.78 is 2.37. The van der Waals surface area contributed by atoms with Gasteiger partial charge in [-0.3, -0.25) is 0 Å². The van der Waals surface area contributed by atoms with Gasteiger partial charge in [-0.15, -0.1) is 0 Å². The molecule has 23 heavy (non-hydrogen) atoms. The molecule has 0 aliphatic rings. The van der Waals surface area contributed by atoms with E-state index in [9.17, 15) is 0 Å². The standard InChI is InChI=1S/C22H13N/c1-4-8-18-14(5-1)9-10-19-20-17-7-3-2-6-15(17)13-16-11-12-23(21(16)20)22(18)19/h1-13H. The van der Waals surface area contributed by atoms with E-state index in [-0.39, 0.29) is 0 Å². The summed E-state index contributed by atoms with van der Waals surface area (Å²) in [6.07, 6.45) is 2.21. The normalized spacial score (nSPS) is 12.3. The zero-order valence-electron chi connectivity index (χ0n) is 12.5. The third kappa shape index (κ3) is 1.29. The Balaban J connectivity index is 2.07. The van der Waals surface area contributed by atoms with Gasteiger partial charge in [0.2, 0.25) is 0 Å². The van der Waals surface area contributed by atoms with Crippen LogP contribution in [0.4, 0.5) is 0 Å². The number of hydrogen-bond acceptors (Lipinski definition) is 0. The van der Waals surface area contributed by atoms with E-state index in [0.717, 1.165) is 0 Å². The molecule has 0 aliphatic heterocycles. The Kier molecular flexibility index (Phi) is 1.91. The van der Waals surface area contributed by atoms with Crippen molar-refractivity contribution in [2.75, 3.05) is 0 Å². The Hall–Kier alpha value is -3.06. The van der Waals surface area contributed by atoms with Crippen LogP contribution in [-0.2, 0) is 0 Å². The molecule has 0 radical (unpaired) electrons. The number of rotatable bonds is 0. The molecular weight excluding hydrogens is 278 g/mol. The van der Waals surface area contributed by atoms with Crippen molar-refractivity contribution in [1.29, 1.82) is 0 Å². The first kappa shape index (κ1) is 11.5. The predicted molar refractivity (Wildman–Crippen MR) is 98.6 cm³/mol. The van der Waals surface area contributed by atoms with Gasteiger partial charge in [0, 0.05) is 27.7 Å². The number of benzene rings is 4. The molecule has 106 valence electrons. The van der Waals surface area contributed by atoms with E-state index in [2.05, 4.69) is 83.4 Å². The first-order valence-electron chi connectivity index (χ1n) is 7.97. The molecule has 0 saturated heterocycles. The van der Waals surface area contributed by atoms with Crippen molar-refractivity contribution < 1.29 is 0 Å². The van der Waals surface area contributed by atoms with E-state index in [0.29, 0.717) is 0 Å². The fourth-order valence-corrected chi connectivity index (χ4v) is 4.15. The average molecular weight is 291 g/mol. The summed E-state index contributed by atoms with van der Waals surface area (Å²) in [6.45, 7) is 0.